The summed E-state index contributed by atoms with van der Waals surface area (Å²) in [4.78, 5) is 19.3. The topological polar surface area (TPSA) is 92.2 Å². The van der Waals surface area contributed by atoms with Crippen LogP contribution in [0.1, 0.15) is 34.8 Å². The van der Waals surface area contributed by atoms with E-state index < -0.39 is 11.6 Å². The highest BCUT2D eigenvalue weighted by molar-refractivity contribution is 9.10. The van der Waals surface area contributed by atoms with Crippen molar-refractivity contribution < 1.29 is 19.4 Å². The fourth-order valence-electron chi connectivity index (χ4n) is 4.78. The van der Waals surface area contributed by atoms with Gasteiger partial charge in [0.05, 0.1) is 6.61 Å². The molecule has 0 aliphatic carbocycles. The number of hydrazine groups is 1. The molecular formula is C33H31BrClN3O4. The van der Waals surface area contributed by atoms with E-state index in [1.807, 2.05) is 103 Å². The Bertz CT molecular complexity index is 1520. The van der Waals surface area contributed by atoms with Gasteiger partial charge in [0.1, 0.15) is 5.75 Å². The average Bonchev–Trinajstić information content (AvgIpc) is 3.41. The van der Waals surface area contributed by atoms with Gasteiger partial charge >= 0.3 is 0 Å². The molecule has 4 aromatic carbocycles. The molecule has 0 aromatic heterocycles. The predicted octanol–water partition coefficient (Wildman–Crippen LogP) is 6.18. The molecule has 1 heterocycles. The van der Waals surface area contributed by atoms with Crippen molar-refractivity contribution in [2.45, 2.75) is 31.0 Å². The molecule has 0 saturated heterocycles. The van der Waals surface area contributed by atoms with Crippen LogP contribution in [0.15, 0.2) is 113 Å². The van der Waals surface area contributed by atoms with Gasteiger partial charge in [-0.05, 0) is 59.2 Å². The number of aliphatic hydroxyl groups excluding tert-OH is 1. The molecule has 4 aromatic rings. The molecule has 3 N–H and O–H groups in total. The summed E-state index contributed by atoms with van der Waals surface area (Å²) in [5, 5.41) is 9.68. The van der Waals surface area contributed by atoms with Gasteiger partial charge in [-0.25, -0.2) is 10.4 Å². The minimum atomic E-state index is -1.33. The van der Waals surface area contributed by atoms with Gasteiger partial charge in [0.2, 0.25) is 5.90 Å². The van der Waals surface area contributed by atoms with Gasteiger partial charge in [0, 0.05) is 41.1 Å². The third-order valence-electron chi connectivity index (χ3n) is 6.96. The van der Waals surface area contributed by atoms with Crippen molar-refractivity contribution in [3.8, 4) is 5.75 Å². The lowest BCUT2D eigenvalue weighted by Gasteiger charge is -2.31. The number of hydrogen-bond donors (Lipinski definition) is 3. The van der Waals surface area contributed by atoms with Crippen LogP contribution in [0.5, 0.6) is 5.75 Å². The number of carbonyl (C=O) groups is 1. The number of rotatable bonds is 12. The largest absolute Gasteiger partial charge is 0.494 e. The lowest BCUT2D eigenvalue weighted by Crippen LogP contribution is -2.53. The monoisotopic (exact) mass is 647 g/mol. The molecule has 0 unspecified atom stereocenters. The van der Waals surface area contributed by atoms with E-state index in [1.165, 1.54) is 0 Å². The van der Waals surface area contributed by atoms with E-state index in [-0.39, 0.29) is 18.9 Å². The molecular weight excluding hydrogens is 618 g/mol. The van der Waals surface area contributed by atoms with Crippen LogP contribution in [0.3, 0.4) is 0 Å². The van der Waals surface area contributed by atoms with Crippen LogP contribution in [0.2, 0.25) is 5.02 Å². The zero-order chi connectivity index (χ0) is 29.4. The number of ether oxygens (including phenoxy) is 2. The van der Waals surface area contributed by atoms with Crippen LogP contribution in [-0.2, 0) is 22.5 Å². The highest BCUT2D eigenvalue weighted by atomic mass is 79.9. The average molecular weight is 649 g/mol. The first-order chi connectivity index (χ1) is 20.5. The number of amides is 1. The minimum absolute atomic E-state index is 0.0693. The molecule has 5 rings (SSSR count). The molecule has 0 radical (unpaired) electrons. The van der Waals surface area contributed by atoms with Crippen molar-refractivity contribution in [2.24, 2.45) is 4.99 Å². The fraction of sp³-hybridized carbons (Fsp3) is 0.212. The quantitative estimate of drug-likeness (QED) is 0.126. The number of halogens is 2. The van der Waals surface area contributed by atoms with Crippen molar-refractivity contribution in [3.05, 3.63) is 135 Å². The Morgan fingerprint density at radius 1 is 0.976 bits per heavy atom. The fourth-order valence-corrected chi connectivity index (χ4v) is 5.33. The highest BCUT2D eigenvalue weighted by Crippen LogP contribution is 2.43. The number of nitrogens with one attached hydrogen (secondary N) is 2. The number of nitrogens with zero attached hydrogens (tertiary/aromatic N) is 1. The summed E-state index contributed by atoms with van der Waals surface area (Å²) < 4.78 is 13.1. The second-order valence-electron chi connectivity index (χ2n) is 9.90. The summed E-state index contributed by atoms with van der Waals surface area (Å²) in [7, 11) is 0. The summed E-state index contributed by atoms with van der Waals surface area (Å²) in [5.74, 6) is 0.722. The summed E-state index contributed by atoms with van der Waals surface area (Å²) >= 11 is 9.69. The van der Waals surface area contributed by atoms with Crippen molar-refractivity contribution in [3.63, 3.8) is 0 Å². The summed E-state index contributed by atoms with van der Waals surface area (Å²) in [6.07, 6.45) is 0.141. The zero-order valence-electron chi connectivity index (χ0n) is 22.8. The summed E-state index contributed by atoms with van der Waals surface area (Å²) in [6.45, 7) is 0.890. The third-order valence-corrected chi connectivity index (χ3v) is 7.98. The second-order valence-corrected chi connectivity index (χ2v) is 11.2. The Hall–Kier alpha value is -3.69. The van der Waals surface area contributed by atoms with Gasteiger partial charge in [0.25, 0.3) is 5.91 Å². The van der Waals surface area contributed by atoms with Crippen LogP contribution in [-0.4, -0.2) is 35.7 Å². The third kappa shape index (κ3) is 7.02. The highest BCUT2D eigenvalue weighted by Gasteiger charge is 2.53. The first kappa shape index (κ1) is 29.8. The van der Waals surface area contributed by atoms with Crippen LogP contribution in [0.4, 0.5) is 0 Å². The lowest BCUT2D eigenvalue weighted by molar-refractivity contribution is -0.130. The van der Waals surface area contributed by atoms with Gasteiger partial charge in [-0.2, -0.15) is 0 Å². The molecule has 216 valence electrons. The van der Waals surface area contributed by atoms with Crippen molar-refractivity contribution in [1.29, 1.82) is 0 Å². The number of aliphatic hydroxyl groups is 1. The number of benzene rings is 4. The molecule has 0 bridgehead atoms. The molecule has 9 heteroatoms. The number of hydrogen-bond acceptors (Lipinski definition) is 6. The van der Waals surface area contributed by atoms with Crippen LogP contribution in [0, 0.1) is 0 Å². The second kappa shape index (κ2) is 14.0. The van der Waals surface area contributed by atoms with E-state index in [0.29, 0.717) is 36.2 Å². The SMILES string of the molecule is O=C(NNCc1ccc(Cl)cc1)[C@@]1(Cc2ccccc2Br)N=C(c2ccc(OCCCO)cc2)O[C@H]1c1ccccc1. The van der Waals surface area contributed by atoms with E-state index in [4.69, 9.17) is 31.2 Å². The minimum Gasteiger partial charge on any atom is -0.494 e. The summed E-state index contributed by atoms with van der Waals surface area (Å²) in [6, 6.07) is 32.3. The Morgan fingerprint density at radius 2 is 1.69 bits per heavy atom. The molecule has 0 fully saturated rings. The first-order valence-corrected chi connectivity index (χ1v) is 14.8. The number of carbonyl (C=O) groups excluding carboxylic acids is 1. The first-order valence-electron chi connectivity index (χ1n) is 13.7. The lowest BCUT2D eigenvalue weighted by atomic mass is 9.82. The molecule has 1 aliphatic heterocycles. The maximum atomic E-state index is 14.3. The van der Waals surface area contributed by atoms with Crippen LogP contribution < -0.4 is 15.6 Å². The predicted molar refractivity (Wildman–Crippen MR) is 167 cm³/mol. The molecule has 0 saturated carbocycles. The molecule has 7 nitrogen and oxygen atoms in total. The molecule has 42 heavy (non-hydrogen) atoms. The van der Waals surface area contributed by atoms with Crippen molar-refractivity contribution >= 4 is 39.3 Å². The van der Waals surface area contributed by atoms with Gasteiger partial charge < -0.3 is 14.6 Å². The van der Waals surface area contributed by atoms with E-state index >= 15 is 0 Å². The van der Waals surface area contributed by atoms with Gasteiger partial charge in [-0.3, -0.25) is 10.2 Å². The molecule has 1 amide bonds. The Balaban J connectivity index is 1.50. The summed E-state index contributed by atoms with van der Waals surface area (Å²) in [5.41, 5.74) is 8.10. The van der Waals surface area contributed by atoms with Gasteiger partial charge in [-0.15, -0.1) is 0 Å². The van der Waals surface area contributed by atoms with E-state index in [0.717, 1.165) is 26.7 Å². The molecule has 2 atom stereocenters. The molecule has 1 aliphatic rings. The van der Waals surface area contributed by atoms with E-state index in [9.17, 15) is 4.79 Å². The van der Waals surface area contributed by atoms with Crippen molar-refractivity contribution in [1.82, 2.24) is 10.9 Å². The van der Waals surface area contributed by atoms with E-state index in [1.54, 1.807) is 0 Å². The maximum absolute atomic E-state index is 14.3. The van der Waals surface area contributed by atoms with E-state index in [2.05, 4.69) is 26.8 Å². The number of aliphatic imine (C=N–C) groups is 1. The standard InChI is InChI=1S/C33H31BrClN3O4/c34-29-10-5-4-9-26(29)21-33(32(40)38-36-22-23-11-15-27(35)16-12-23)30(24-7-2-1-3-8-24)42-31(37-33)25-13-17-28(18-14-25)41-20-6-19-39/h1-5,7-18,30,36,39H,6,19-22H2,(H,38,40)/t30-,33-/m0/s1. The van der Waals surface area contributed by atoms with Crippen LogP contribution in [0.25, 0.3) is 0 Å². The maximum Gasteiger partial charge on any atom is 0.266 e. The van der Waals surface area contributed by atoms with Gasteiger partial charge in [-0.1, -0.05) is 88.2 Å². The van der Waals surface area contributed by atoms with Gasteiger partial charge in [0.15, 0.2) is 11.6 Å². The normalized spacial score (nSPS) is 17.8. The molecule has 0 spiro atoms. The van der Waals surface area contributed by atoms with Crippen molar-refractivity contribution in [2.75, 3.05) is 13.2 Å². The Labute approximate surface area is 258 Å². The zero-order valence-corrected chi connectivity index (χ0v) is 25.1. The smallest absolute Gasteiger partial charge is 0.266 e. The van der Waals surface area contributed by atoms with Crippen LogP contribution >= 0.6 is 27.5 Å². The Kier molecular flexibility index (Phi) is 9.92. The Morgan fingerprint density at radius 3 is 2.40 bits per heavy atom.